The number of benzene rings is 2. The van der Waals surface area contributed by atoms with Crippen molar-refractivity contribution in [3.8, 4) is 0 Å². The fraction of sp³-hybridized carbons (Fsp3) is 0.350. The lowest BCUT2D eigenvalue weighted by molar-refractivity contribution is -0.119. The summed E-state index contributed by atoms with van der Waals surface area (Å²) in [4.78, 5) is 12.2. The molecule has 0 saturated heterocycles. The number of amides is 1. The molecule has 0 bridgehead atoms. The summed E-state index contributed by atoms with van der Waals surface area (Å²) in [5.41, 5.74) is 4.94. The Balaban J connectivity index is 1.80. The predicted octanol–water partition coefficient (Wildman–Crippen LogP) is 4.80. The maximum atomic E-state index is 12.2. The molecule has 0 unspecified atom stereocenters. The van der Waals surface area contributed by atoms with E-state index in [-0.39, 0.29) is 11.9 Å². The van der Waals surface area contributed by atoms with Gasteiger partial charge in [0.1, 0.15) is 0 Å². The Morgan fingerprint density at radius 3 is 2.13 bits per heavy atom. The van der Waals surface area contributed by atoms with Crippen LogP contribution in [0.3, 0.4) is 0 Å². The molecule has 0 spiro atoms. The molecule has 1 atom stereocenters. The summed E-state index contributed by atoms with van der Waals surface area (Å²) >= 11 is 1.66. The average molecular weight is 327 g/mol. The molecule has 0 aliphatic heterocycles. The fourth-order valence-corrected chi connectivity index (χ4v) is 3.20. The Labute approximate surface area is 143 Å². The molecule has 1 N–H and O–H groups in total. The van der Waals surface area contributed by atoms with Crippen LogP contribution in [0.15, 0.2) is 48.5 Å². The first-order valence-corrected chi connectivity index (χ1v) is 9.23. The van der Waals surface area contributed by atoms with E-state index in [9.17, 15) is 4.79 Å². The zero-order chi connectivity index (χ0) is 16.7. The molecule has 2 aromatic rings. The number of rotatable bonds is 7. The van der Waals surface area contributed by atoms with Crippen molar-refractivity contribution in [2.24, 2.45) is 0 Å². The van der Waals surface area contributed by atoms with E-state index in [2.05, 4.69) is 74.6 Å². The largest absolute Gasteiger partial charge is 0.349 e. The maximum absolute atomic E-state index is 12.2. The van der Waals surface area contributed by atoms with Crippen molar-refractivity contribution < 1.29 is 4.79 Å². The minimum atomic E-state index is 0.100. The van der Waals surface area contributed by atoms with E-state index in [1.54, 1.807) is 11.8 Å². The third-order valence-electron chi connectivity index (χ3n) is 3.85. The standard InChI is InChI=1S/C20H25NOS/c1-4-19(18-11-7-16(3)8-12-18)21-20(22)14-23-13-17-9-5-15(2)6-10-17/h5-12,19H,4,13-14H2,1-3H3,(H,21,22)/t19-/m1/s1. The lowest BCUT2D eigenvalue weighted by Gasteiger charge is -2.17. The summed E-state index contributed by atoms with van der Waals surface area (Å²) in [5, 5.41) is 3.14. The van der Waals surface area contributed by atoms with Crippen LogP contribution in [-0.4, -0.2) is 11.7 Å². The molecule has 2 rings (SSSR count). The molecule has 1 amide bonds. The molecule has 0 saturated carbocycles. The zero-order valence-corrected chi connectivity index (χ0v) is 15.0. The van der Waals surface area contributed by atoms with E-state index < -0.39 is 0 Å². The highest BCUT2D eigenvalue weighted by atomic mass is 32.2. The average Bonchev–Trinajstić information content (AvgIpc) is 2.55. The van der Waals surface area contributed by atoms with E-state index in [0.29, 0.717) is 5.75 Å². The molecule has 2 aromatic carbocycles. The summed E-state index contributed by atoms with van der Waals surface area (Å²) < 4.78 is 0. The van der Waals surface area contributed by atoms with E-state index in [1.165, 1.54) is 22.3 Å². The number of nitrogens with one attached hydrogen (secondary N) is 1. The van der Waals surface area contributed by atoms with Gasteiger partial charge in [-0.3, -0.25) is 4.79 Å². The van der Waals surface area contributed by atoms with Gasteiger partial charge in [-0.2, -0.15) is 0 Å². The highest BCUT2D eigenvalue weighted by Crippen LogP contribution is 2.18. The smallest absolute Gasteiger partial charge is 0.230 e. The van der Waals surface area contributed by atoms with Crippen LogP contribution in [0.1, 0.15) is 41.6 Å². The molecule has 122 valence electrons. The Morgan fingerprint density at radius 2 is 1.57 bits per heavy atom. The minimum Gasteiger partial charge on any atom is -0.349 e. The summed E-state index contributed by atoms with van der Waals surface area (Å²) in [5.74, 6) is 1.47. The topological polar surface area (TPSA) is 29.1 Å². The van der Waals surface area contributed by atoms with Gasteiger partial charge >= 0.3 is 0 Å². The molecule has 0 fully saturated rings. The summed E-state index contributed by atoms with van der Waals surface area (Å²) in [6.45, 7) is 6.26. The third kappa shape index (κ3) is 5.76. The quantitative estimate of drug-likeness (QED) is 0.791. The number of hydrogen-bond donors (Lipinski definition) is 1. The van der Waals surface area contributed by atoms with E-state index in [0.717, 1.165) is 12.2 Å². The highest BCUT2D eigenvalue weighted by Gasteiger charge is 2.12. The zero-order valence-electron chi connectivity index (χ0n) is 14.1. The van der Waals surface area contributed by atoms with Gasteiger partial charge in [-0.25, -0.2) is 0 Å². The van der Waals surface area contributed by atoms with Gasteiger partial charge in [0.05, 0.1) is 11.8 Å². The van der Waals surface area contributed by atoms with Crippen LogP contribution in [0, 0.1) is 13.8 Å². The number of aryl methyl sites for hydroxylation is 2. The number of carbonyl (C=O) groups excluding carboxylic acids is 1. The van der Waals surface area contributed by atoms with Gasteiger partial charge in [0.15, 0.2) is 0 Å². The fourth-order valence-electron chi connectivity index (χ4n) is 2.40. The van der Waals surface area contributed by atoms with Crippen LogP contribution in [0.2, 0.25) is 0 Å². The van der Waals surface area contributed by atoms with Gasteiger partial charge in [0, 0.05) is 5.75 Å². The van der Waals surface area contributed by atoms with Crippen molar-refractivity contribution in [3.63, 3.8) is 0 Å². The molecular weight excluding hydrogens is 302 g/mol. The van der Waals surface area contributed by atoms with Crippen LogP contribution < -0.4 is 5.32 Å². The van der Waals surface area contributed by atoms with Gasteiger partial charge < -0.3 is 5.32 Å². The summed E-state index contributed by atoms with van der Waals surface area (Å²) in [7, 11) is 0. The SMILES string of the molecule is CC[C@@H](NC(=O)CSCc1ccc(C)cc1)c1ccc(C)cc1. The molecule has 3 heteroatoms. The van der Waals surface area contributed by atoms with Crippen molar-refractivity contribution in [3.05, 3.63) is 70.8 Å². The first kappa shape index (κ1) is 17.6. The minimum absolute atomic E-state index is 0.100. The van der Waals surface area contributed by atoms with Crippen molar-refractivity contribution in [2.75, 3.05) is 5.75 Å². The highest BCUT2D eigenvalue weighted by molar-refractivity contribution is 7.99. The predicted molar refractivity (Wildman–Crippen MR) is 99.7 cm³/mol. The van der Waals surface area contributed by atoms with Crippen LogP contribution in [0.4, 0.5) is 0 Å². The van der Waals surface area contributed by atoms with Crippen LogP contribution in [-0.2, 0) is 10.5 Å². The molecular formula is C20H25NOS. The Bertz CT molecular complexity index is 619. The van der Waals surface area contributed by atoms with Crippen molar-refractivity contribution in [2.45, 2.75) is 39.0 Å². The van der Waals surface area contributed by atoms with E-state index >= 15 is 0 Å². The summed E-state index contributed by atoms with van der Waals surface area (Å²) in [6.07, 6.45) is 0.900. The summed E-state index contributed by atoms with van der Waals surface area (Å²) in [6, 6.07) is 17.0. The van der Waals surface area contributed by atoms with Crippen LogP contribution in [0.25, 0.3) is 0 Å². The molecule has 23 heavy (non-hydrogen) atoms. The second-order valence-electron chi connectivity index (χ2n) is 5.92. The van der Waals surface area contributed by atoms with Gasteiger partial charge in [-0.1, -0.05) is 66.6 Å². The van der Waals surface area contributed by atoms with Gasteiger partial charge in [0.2, 0.25) is 5.91 Å². The number of thioether (sulfide) groups is 1. The Kier molecular flexibility index (Phi) is 6.72. The number of hydrogen-bond acceptors (Lipinski definition) is 2. The Hall–Kier alpha value is -1.74. The van der Waals surface area contributed by atoms with Crippen LogP contribution in [0.5, 0.6) is 0 Å². The van der Waals surface area contributed by atoms with Gasteiger partial charge in [-0.15, -0.1) is 11.8 Å². The van der Waals surface area contributed by atoms with E-state index in [1.807, 2.05) is 0 Å². The van der Waals surface area contributed by atoms with Crippen molar-refractivity contribution >= 4 is 17.7 Å². The molecule has 2 nitrogen and oxygen atoms in total. The molecule has 0 radical (unpaired) electrons. The van der Waals surface area contributed by atoms with Gasteiger partial charge in [0.25, 0.3) is 0 Å². The monoisotopic (exact) mass is 327 g/mol. The number of carbonyl (C=O) groups is 1. The normalized spacial score (nSPS) is 12.0. The lowest BCUT2D eigenvalue weighted by Crippen LogP contribution is -2.29. The molecule has 0 aliphatic rings. The third-order valence-corrected chi connectivity index (χ3v) is 4.85. The lowest BCUT2D eigenvalue weighted by atomic mass is 10.0. The van der Waals surface area contributed by atoms with Gasteiger partial charge in [-0.05, 0) is 31.4 Å². The molecule has 0 heterocycles. The van der Waals surface area contributed by atoms with Crippen LogP contribution >= 0.6 is 11.8 Å². The first-order chi connectivity index (χ1) is 11.1. The maximum Gasteiger partial charge on any atom is 0.230 e. The molecule has 0 aliphatic carbocycles. The second kappa shape index (κ2) is 8.78. The van der Waals surface area contributed by atoms with Crippen molar-refractivity contribution in [1.82, 2.24) is 5.32 Å². The first-order valence-electron chi connectivity index (χ1n) is 8.07. The molecule has 0 aromatic heterocycles. The second-order valence-corrected chi connectivity index (χ2v) is 6.90. The van der Waals surface area contributed by atoms with Crippen molar-refractivity contribution in [1.29, 1.82) is 0 Å². The van der Waals surface area contributed by atoms with E-state index in [4.69, 9.17) is 0 Å². The Morgan fingerprint density at radius 1 is 1.00 bits per heavy atom.